The van der Waals surface area contributed by atoms with Crippen LogP contribution in [0, 0.1) is 0 Å². The van der Waals surface area contributed by atoms with Crippen molar-refractivity contribution in [2.75, 3.05) is 7.11 Å². The van der Waals surface area contributed by atoms with Crippen molar-refractivity contribution in [3.05, 3.63) is 65.7 Å². The number of Topliss-reactive ketones (excluding diaryl/α,β-unsaturated/α-hetero) is 1. The molecule has 5 nitrogen and oxygen atoms in total. The molecule has 1 saturated heterocycles. The number of alkyl carbamates (subject to hydrolysis) is 1. The first-order chi connectivity index (χ1) is 10.7. The topological polar surface area (TPSA) is 64.6 Å². The molecule has 1 aliphatic rings. The van der Waals surface area contributed by atoms with Crippen molar-refractivity contribution in [2.24, 2.45) is 0 Å². The van der Waals surface area contributed by atoms with Crippen LogP contribution in [-0.4, -0.2) is 25.1 Å². The van der Waals surface area contributed by atoms with Crippen LogP contribution < -0.4 is 10.1 Å². The van der Waals surface area contributed by atoms with Gasteiger partial charge in [0, 0.05) is 11.1 Å². The fourth-order valence-electron chi connectivity index (χ4n) is 2.56. The van der Waals surface area contributed by atoms with E-state index in [1.54, 1.807) is 37.4 Å². The molecule has 0 aromatic heterocycles. The smallest absolute Gasteiger partial charge is 0.408 e. The van der Waals surface area contributed by atoms with Crippen LogP contribution in [0.3, 0.4) is 0 Å². The Balaban J connectivity index is 1.96. The molecule has 2 aromatic rings. The molecule has 1 fully saturated rings. The molecule has 2 aromatic carbocycles. The van der Waals surface area contributed by atoms with Crippen LogP contribution >= 0.6 is 0 Å². The molecule has 1 heterocycles. The Morgan fingerprint density at radius 2 is 1.77 bits per heavy atom. The summed E-state index contributed by atoms with van der Waals surface area (Å²) in [5.74, 6) is 0.360. The molecule has 0 saturated carbocycles. The molecule has 2 atom stereocenters. The van der Waals surface area contributed by atoms with E-state index in [9.17, 15) is 9.59 Å². The second-order valence-electron chi connectivity index (χ2n) is 4.92. The summed E-state index contributed by atoms with van der Waals surface area (Å²) in [5.41, 5.74) is 1.22. The molecule has 0 aliphatic carbocycles. The number of carbonyl (C=O) groups is 2. The van der Waals surface area contributed by atoms with Crippen molar-refractivity contribution in [3.8, 4) is 5.75 Å². The predicted molar refractivity (Wildman–Crippen MR) is 79.9 cm³/mol. The number of para-hydroxylation sites is 1. The van der Waals surface area contributed by atoms with Gasteiger partial charge in [0.1, 0.15) is 11.8 Å². The van der Waals surface area contributed by atoms with Crippen LogP contribution in [0.5, 0.6) is 5.75 Å². The highest BCUT2D eigenvalue weighted by Crippen LogP contribution is 2.33. The van der Waals surface area contributed by atoms with E-state index in [1.807, 2.05) is 24.3 Å². The first kappa shape index (κ1) is 14.1. The van der Waals surface area contributed by atoms with Crippen LogP contribution in [0.15, 0.2) is 54.6 Å². The highest BCUT2D eigenvalue weighted by Gasteiger charge is 2.41. The van der Waals surface area contributed by atoms with Gasteiger partial charge in [-0.2, -0.15) is 0 Å². The number of nitrogens with one attached hydrogen (secondary N) is 1. The summed E-state index contributed by atoms with van der Waals surface area (Å²) in [7, 11) is 1.55. The average Bonchev–Trinajstić information content (AvgIpc) is 2.96. The van der Waals surface area contributed by atoms with Gasteiger partial charge in [-0.3, -0.25) is 4.79 Å². The first-order valence-corrected chi connectivity index (χ1v) is 6.90. The van der Waals surface area contributed by atoms with Gasteiger partial charge in [0.2, 0.25) is 5.78 Å². The molecule has 112 valence electrons. The average molecular weight is 297 g/mol. The SMILES string of the molecule is COc1ccccc1[C@H]1NC(=O)O[C@@H]1C(=O)c1ccccc1. The molecule has 0 radical (unpaired) electrons. The number of carbonyl (C=O) groups excluding carboxylic acids is 2. The number of benzene rings is 2. The largest absolute Gasteiger partial charge is 0.496 e. The molecular formula is C17H15NO4. The number of methoxy groups -OCH3 is 1. The molecule has 0 bridgehead atoms. The monoisotopic (exact) mass is 297 g/mol. The van der Waals surface area contributed by atoms with Crippen LogP contribution in [0.25, 0.3) is 0 Å². The fraction of sp³-hybridized carbons (Fsp3) is 0.176. The molecule has 0 unspecified atom stereocenters. The molecule has 3 rings (SSSR count). The quantitative estimate of drug-likeness (QED) is 0.881. The third kappa shape index (κ3) is 2.53. The van der Waals surface area contributed by atoms with Gasteiger partial charge >= 0.3 is 6.09 Å². The number of hydrogen-bond donors (Lipinski definition) is 1. The van der Waals surface area contributed by atoms with Gasteiger partial charge in [-0.15, -0.1) is 0 Å². The van der Waals surface area contributed by atoms with Gasteiger partial charge in [0.25, 0.3) is 0 Å². The third-order valence-corrected chi connectivity index (χ3v) is 3.60. The minimum absolute atomic E-state index is 0.241. The zero-order valence-electron chi connectivity index (χ0n) is 12.0. The Morgan fingerprint density at radius 3 is 2.50 bits per heavy atom. The summed E-state index contributed by atoms with van der Waals surface area (Å²) in [6, 6.07) is 15.4. The Hall–Kier alpha value is -2.82. The van der Waals surface area contributed by atoms with Crippen molar-refractivity contribution in [1.82, 2.24) is 5.32 Å². The molecule has 5 heteroatoms. The number of hydrogen-bond acceptors (Lipinski definition) is 4. The number of rotatable bonds is 4. The summed E-state index contributed by atoms with van der Waals surface area (Å²) in [4.78, 5) is 24.3. The van der Waals surface area contributed by atoms with Crippen molar-refractivity contribution in [1.29, 1.82) is 0 Å². The van der Waals surface area contributed by atoms with E-state index in [0.29, 0.717) is 16.9 Å². The lowest BCUT2D eigenvalue weighted by Crippen LogP contribution is -2.29. The number of amides is 1. The van der Waals surface area contributed by atoms with E-state index in [-0.39, 0.29) is 5.78 Å². The van der Waals surface area contributed by atoms with E-state index >= 15 is 0 Å². The number of ether oxygens (including phenoxy) is 2. The van der Waals surface area contributed by atoms with E-state index < -0.39 is 18.2 Å². The van der Waals surface area contributed by atoms with Gasteiger partial charge in [0.15, 0.2) is 6.10 Å². The van der Waals surface area contributed by atoms with Crippen molar-refractivity contribution >= 4 is 11.9 Å². The van der Waals surface area contributed by atoms with E-state index in [0.717, 1.165) is 0 Å². The summed E-state index contributed by atoms with van der Waals surface area (Å²) >= 11 is 0. The molecule has 1 N–H and O–H groups in total. The standard InChI is InChI=1S/C17H15NO4/c1-21-13-10-6-5-9-12(13)14-16(22-17(20)18-14)15(19)11-7-3-2-4-8-11/h2-10,14,16H,1H3,(H,18,20)/t14-,16+/m1/s1. The van der Waals surface area contributed by atoms with Gasteiger partial charge in [0.05, 0.1) is 7.11 Å². The van der Waals surface area contributed by atoms with Gasteiger partial charge in [-0.1, -0.05) is 48.5 Å². The Morgan fingerprint density at radius 1 is 1.09 bits per heavy atom. The molecule has 22 heavy (non-hydrogen) atoms. The highest BCUT2D eigenvalue weighted by molar-refractivity contribution is 6.02. The van der Waals surface area contributed by atoms with Crippen molar-refractivity contribution in [2.45, 2.75) is 12.1 Å². The van der Waals surface area contributed by atoms with E-state index in [2.05, 4.69) is 5.32 Å². The Bertz CT molecular complexity index is 699. The van der Waals surface area contributed by atoms with Crippen LogP contribution in [-0.2, 0) is 4.74 Å². The van der Waals surface area contributed by atoms with Crippen molar-refractivity contribution in [3.63, 3.8) is 0 Å². The second kappa shape index (κ2) is 5.89. The van der Waals surface area contributed by atoms with Crippen LogP contribution in [0.4, 0.5) is 4.79 Å². The number of cyclic esters (lactones) is 1. The lowest BCUT2D eigenvalue weighted by Gasteiger charge is -2.18. The van der Waals surface area contributed by atoms with Gasteiger partial charge < -0.3 is 14.8 Å². The summed E-state index contributed by atoms with van der Waals surface area (Å²) < 4.78 is 10.5. The van der Waals surface area contributed by atoms with Gasteiger partial charge in [-0.05, 0) is 6.07 Å². The normalized spacial score (nSPS) is 20.1. The number of ketones is 1. The Kier molecular flexibility index (Phi) is 3.78. The van der Waals surface area contributed by atoms with Crippen molar-refractivity contribution < 1.29 is 19.1 Å². The fourth-order valence-corrected chi connectivity index (χ4v) is 2.56. The molecular weight excluding hydrogens is 282 g/mol. The summed E-state index contributed by atoms with van der Waals surface area (Å²) in [5, 5.41) is 2.68. The lowest BCUT2D eigenvalue weighted by atomic mass is 9.95. The predicted octanol–water partition coefficient (Wildman–Crippen LogP) is 2.73. The summed E-state index contributed by atoms with van der Waals surface area (Å²) in [6.45, 7) is 0. The maximum atomic E-state index is 12.6. The first-order valence-electron chi connectivity index (χ1n) is 6.90. The van der Waals surface area contributed by atoms with Crippen LogP contribution in [0.1, 0.15) is 22.0 Å². The molecule has 0 spiro atoms. The minimum atomic E-state index is -0.911. The third-order valence-electron chi connectivity index (χ3n) is 3.60. The van der Waals surface area contributed by atoms with E-state index in [1.165, 1.54) is 0 Å². The Labute approximate surface area is 127 Å². The zero-order valence-corrected chi connectivity index (χ0v) is 12.0. The highest BCUT2D eigenvalue weighted by atomic mass is 16.6. The minimum Gasteiger partial charge on any atom is -0.496 e. The zero-order chi connectivity index (χ0) is 15.5. The maximum Gasteiger partial charge on any atom is 0.408 e. The molecule has 1 amide bonds. The van der Waals surface area contributed by atoms with E-state index in [4.69, 9.17) is 9.47 Å². The van der Waals surface area contributed by atoms with Crippen LogP contribution in [0.2, 0.25) is 0 Å². The molecule has 1 aliphatic heterocycles. The second-order valence-corrected chi connectivity index (χ2v) is 4.92. The van der Waals surface area contributed by atoms with Gasteiger partial charge in [-0.25, -0.2) is 4.79 Å². The lowest BCUT2D eigenvalue weighted by molar-refractivity contribution is 0.0720. The summed E-state index contributed by atoms with van der Waals surface area (Å²) in [6.07, 6.45) is -1.52. The maximum absolute atomic E-state index is 12.6.